The number of aryl methyl sites for hydroxylation is 6. The number of hydrogen-bond acceptors (Lipinski definition) is 2. The molecule has 0 saturated heterocycles. The number of benzene rings is 4. The molecule has 0 fully saturated rings. The molecular weight excluding hydrogens is 739 g/mol. The summed E-state index contributed by atoms with van der Waals surface area (Å²) >= 11 is 0. The number of nitrogens with zero attached hydrogens (tertiary/aromatic N) is 4. The van der Waals surface area contributed by atoms with E-state index in [0.717, 1.165) is 45.0 Å². The van der Waals surface area contributed by atoms with Gasteiger partial charge >= 0.3 is 0 Å². The zero-order valence-electron chi connectivity index (χ0n) is 28.7. The van der Waals surface area contributed by atoms with Crippen molar-refractivity contribution in [3.63, 3.8) is 0 Å². The second kappa shape index (κ2) is 16.0. The average molecular weight is 781 g/mol. The van der Waals surface area contributed by atoms with Crippen molar-refractivity contribution in [3.05, 3.63) is 168 Å². The molecule has 0 bridgehead atoms. The van der Waals surface area contributed by atoms with Crippen LogP contribution in [0.3, 0.4) is 0 Å². The number of aromatic nitrogens is 2. The van der Waals surface area contributed by atoms with Crippen molar-refractivity contribution in [1.82, 2.24) is 9.97 Å². The quantitative estimate of drug-likeness (QED) is 0.120. The van der Waals surface area contributed by atoms with Crippen LogP contribution in [-0.2, 0) is 25.8 Å². The first-order valence-electron chi connectivity index (χ1n) is 15.0. The van der Waals surface area contributed by atoms with Crippen LogP contribution in [-0.4, -0.2) is 9.97 Å². The van der Waals surface area contributed by atoms with Gasteiger partial charge in [-0.05, 0) is 109 Å². The summed E-state index contributed by atoms with van der Waals surface area (Å²) < 4.78 is 0. The predicted molar refractivity (Wildman–Crippen MR) is 198 cm³/mol. The summed E-state index contributed by atoms with van der Waals surface area (Å²) in [4.78, 5) is 9.94. The minimum absolute atomic E-state index is 0. The molecule has 0 aliphatic carbocycles. The summed E-state index contributed by atoms with van der Waals surface area (Å²) in [7, 11) is 0. The third-order valence-corrected chi connectivity index (χ3v) is 7.90. The maximum Gasteiger partial charge on any atom is 0 e. The van der Waals surface area contributed by atoms with Gasteiger partial charge in [0.25, 0.3) is 0 Å². The third kappa shape index (κ3) is 8.15. The number of para-hydroxylation sites is 2. The van der Waals surface area contributed by atoms with Crippen molar-refractivity contribution in [2.75, 3.05) is 0 Å². The van der Waals surface area contributed by atoms with Gasteiger partial charge in [0.15, 0.2) is 0 Å². The van der Waals surface area contributed by atoms with E-state index in [1.54, 1.807) is 0 Å². The van der Waals surface area contributed by atoms with Crippen LogP contribution in [0.1, 0.15) is 33.4 Å². The number of pyridine rings is 2. The van der Waals surface area contributed by atoms with Gasteiger partial charge in [0.1, 0.15) is 0 Å². The van der Waals surface area contributed by atoms with Crippen LogP contribution in [0.2, 0.25) is 0 Å². The molecular formula is C42H42HfN4-4. The van der Waals surface area contributed by atoms with E-state index in [2.05, 4.69) is 90.1 Å². The molecule has 4 aromatic carbocycles. The smallest absolute Gasteiger partial charge is 0 e. The van der Waals surface area contributed by atoms with E-state index in [-0.39, 0.29) is 40.7 Å². The fourth-order valence-corrected chi connectivity index (χ4v) is 6.26. The minimum atomic E-state index is 0. The van der Waals surface area contributed by atoms with Crippen LogP contribution in [0.15, 0.2) is 109 Å². The molecule has 2 heterocycles. The molecule has 0 saturated carbocycles. The van der Waals surface area contributed by atoms with E-state index in [1.165, 1.54) is 33.4 Å². The maximum atomic E-state index is 5.04. The van der Waals surface area contributed by atoms with Crippen LogP contribution < -0.4 is 0 Å². The van der Waals surface area contributed by atoms with Crippen molar-refractivity contribution in [2.45, 2.75) is 41.5 Å². The molecule has 0 atom stereocenters. The topological polar surface area (TPSA) is 54.0 Å². The van der Waals surface area contributed by atoms with Gasteiger partial charge in [0, 0.05) is 25.8 Å². The molecule has 0 spiro atoms. The Kier molecular flexibility index (Phi) is 12.6. The fourth-order valence-electron chi connectivity index (χ4n) is 6.26. The molecule has 6 rings (SSSR count). The molecule has 0 aliphatic heterocycles. The van der Waals surface area contributed by atoms with Gasteiger partial charge in [0.2, 0.25) is 0 Å². The molecule has 0 unspecified atom stereocenters. The summed E-state index contributed by atoms with van der Waals surface area (Å²) in [5, 5.41) is 10.1. The third-order valence-electron chi connectivity index (χ3n) is 7.90. The Morgan fingerprint density at radius 1 is 0.426 bits per heavy atom. The SMILES string of the molecule is Cc1cc(C)c(-c2cccc([N-]c3ccccc3-c3ccccc3[N-]c3cccc(-c4c(C)cc(C)cc4C)n3)n2)c(C)c1.[CH3-].[CH3-].[Hf]. The zero-order valence-corrected chi connectivity index (χ0v) is 32.3. The molecule has 4 nitrogen and oxygen atoms in total. The molecule has 6 aromatic rings. The average Bonchev–Trinajstić information content (AvgIpc) is 2.97. The summed E-state index contributed by atoms with van der Waals surface area (Å²) in [5.41, 5.74) is 15.2. The van der Waals surface area contributed by atoms with Gasteiger partial charge in [-0.25, -0.2) is 0 Å². The zero-order chi connectivity index (χ0) is 30.8. The first-order valence-corrected chi connectivity index (χ1v) is 15.0. The summed E-state index contributed by atoms with van der Waals surface area (Å²) in [6, 6.07) is 37.3. The van der Waals surface area contributed by atoms with Gasteiger partial charge in [-0.3, -0.25) is 0 Å². The second-order valence-electron chi connectivity index (χ2n) is 11.6. The van der Waals surface area contributed by atoms with Gasteiger partial charge in [-0.2, -0.15) is 0 Å². The molecule has 0 radical (unpaired) electrons. The Balaban J connectivity index is 0.00000200. The maximum absolute atomic E-state index is 5.04. The van der Waals surface area contributed by atoms with Gasteiger partial charge < -0.3 is 35.5 Å². The molecule has 2 aromatic heterocycles. The van der Waals surface area contributed by atoms with Crippen LogP contribution in [0.4, 0.5) is 23.0 Å². The summed E-state index contributed by atoms with van der Waals surface area (Å²) in [5.74, 6) is 1.34. The van der Waals surface area contributed by atoms with Crippen molar-refractivity contribution in [1.29, 1.82) is 0 Å². The largest absolute Gasteiger partial charge is 0.436 e. The second-order valence-corrected chi connectivity index (χ2v) is 11.6. The molecule has 238 valence electrons. The Morgan fingerprint density at radius 3 is 1.13 bits per heavy atom. The predicted octanol–water partition coefficient (Wildman–Crippen LogP) is 12.9. The first kappa shape index (κ1) is 37.1. The van der Waals surface area contributed by atoms with Crippen LogP contribution >= 0.6 is 0 Å². The van der Waals surface area contributed by atoms with Gasteiger partial charge in [-0.1, -0.05) is 132 Å². The van der Waals surface area contributed by atoms with Crippen LogP contribution in [0.5, 0.6) is 0 Å². The Labute approximate surface area is 300 Å². The number of rotatable bonds is 7. The molecule has 47 heavy (non-hydrogen) atoms. The first-order chi connectivity index (χ1) is 21.3. The molecule has 0 aliphatic rings. The van der Waals surface area contributed by atoms with Crippen LogP contribution in [0.25, 0.3) is 44.3 Å². The van der Waals surface area contributed by atoms with E-state index in [4.69, 9.17) is 20.6 Å². The van der Waals surface area contributed by atoms with Crippen molar-refractivity contribution >= 4 is 23.0 Å². The monoisotopic (exact) mass is 782 g/mol. The Morgan fingerprint density at radius 2 is 0.766 bits per heavy atom. The van der Waals surface area contributed by atoms with E-state index in [0.29, 0.717) is 11.6 Å². The molecule has 0 amide bonds. The molecule has 0 N–H and O–H groups in total. The normalized spacial score (nSPS) is 10.3. The summed E-state index contributed by atoms with van der Waals surface area (Å²) in [6.45, 7) is 12.8. The van der Waals surface area contributed by atoms with E-state index in [1.807, 2.05) is 60.7 Å². The fraction of sp³-hybridized carbons (Fsp3) is 0.143. The van der Waals surface area contributed by atoms with Crippen molar-refractivity contribution < 1.29 is 25.8 Å². The Hall–Kier alpha value is -4.35. The van der Waals surface area contributed by atoms with Crippen molar-refractivity contribution in [3.8, 4) is 33.6 Å². The standard InChI is InChI=1S/C40H36N4.2CH3.Hf/c1-25-21-27(3)39(28(4)22-25)35-17-11-19-37(43-35)41-33-15-9-7-13-31(33)32-14-8-10-16-34(32)42-38-20-12-18-36(44-38)40-29(5)23-26(2)24-30(40)6;;;/h7-24H,1-6H3;2*1H3;/q-2;2*-1;. The van der Waals surface area contributed by atoms with E-state index >= 15 is 0 Å². The van der Waals surface area contributed by atoms with Crippen LogP contribution in [0, 0.1) is 56.4 Å². The van der Waals surface area contributed by atoms with Crippen molar-refractivity contribution in [2.24, 2.45) is 0 Å². The minimum Gasteiger partial charge on any atom is -0.436 e. The number of hydrogen-bond donors (Lipinski definition) is 0. The Bertz CT molecular complexity index is 1810. The van der Waals surface area contributed by atoms with E-state index < -0.39 is 0 Å². The van der Waals surface area contributed by atoms with Gasteiger partial charge in [-0.15, -0.1) is 0 Å². The van der Waals surface area contributed by atoms with E-state index in [9.17, 15) is 0 Å². The molecule has 5 heteroatoms. The summed E-state index contributed by atoms with van der Waals surface area (Å²) in [6.07, 6.45) is 0. The van der Waals surface area contributed by atoms with Gasteiger partial charge in [0.05, 0.1) is 0 Å².